The first-order chi connectivity index (χ1) is 16.1. The summed E-state index contributed by atoms with van der Waals surface area (Å²) in [6.07, 6.45) is 1.69. The second kappa shape index (κ2) is 8.71. The van der Waals surface area contributed by atoms with Gasteiger partial charge in [0, 0.05) is 11.4 Å². The van der Waals surface area contributed by atoms with Crippen LogP contribution in [0.5, 0.6) is 5.75 Å². The molecule has 2 aromatic carbocycles. The molecule has 0 aliphatic heterocycles. The van der Waals surface area contributed by atoms with Crippen LogP contribution in [-0.2, 0) is 6.54 Å². The lowest BCUT2D eigenvalue weighted by atomic mass is 10.2. The molecular formula is C24H20N6O2S. The van der Waals surface area contributed by atoms with Gasteiger partial charge in [0.15, 0.2) is 5.65 Å². The first-order valence-corrected chi connectivity index (χ1v) is 11.1. The maximum absolute atomic E-state index is 13.2. The highest BCUT2D eigenvalue weighted by Crippen LogP contribution is 2.28. The van der Waals surface area contributed by atoms with E-state index in [9.17, 15) is 4.79 Å². The van der Waals surface area contributed by atoms with Gasteiger partial charge in [-0.15, -0.1) is 11.3 Å². The second-order valence-electron chi connectivity index (χ2n) is 7.25. The number of aromatic nitrogens is 3. The minimum atomic E-state index is -0.344. The number of fused-ring (bicyclic) bond motifs is 2. The van der Waals surface area contributed by atoms with Crippen molar-refractivity contribution in [1.29, 1.82) is 0 Å². The maximum Gasteiger partial charge on any atom is 0.257 e. The van der Waals surface area contributed by atoms with E-state index in [0.717, 1.165) is 16.2 Å². The van der Waals surface area contributed by atoms with Gasteiger partial charge in [0.25, 0.3) is 5.91 Å². The van der Waals surface area contributed by atoms with Crippen LogP contribution in [-0.4, -0.2) is 33.9 Å². The van der Waals surface area contributed by atoms with E-state index in [1.807, 2.05) is 66.0 Å². The van der Waals surface area contributed by atoms with Crippen molar-refractivity contribution in [3.63, 3.8) is 0 Å². The highest BCUT2D eigenvalue weighted by molar-refractivity contribution is 7.11. The average molecular weight is 457 g/mol. The van der Waals surface area contributed by atoms with Crippen LogP contribution in [0.4, 0.5) is 5.82 Å². The molecule has 5 rings (SSSR count). The predicted molar refractivity (Wildman–Crippen MR) is 131 cm³/mol. The highest BCUT2D eigenvalue weighted by atomic mass is 32.1. The normalized spacial score (nSPS) is 11.4. The van der Waals surface area contributed by atoms with E-state index in [0.29, 0.717) is 28.7 Å². The monoisotopic (exact) mass is 456 g/mol. The Morgan fingerprint density at radius 1 is 1.12 bits per heavy atom. The van der Waals surface area contributed by atoms with Gasteiger partial charge in [-0.25, -0.2) is 9.97 Å². The minimum absolute atomic E-state index is 0.181. The number of ether oxygens (including phenoxy) is 1. The Morgan fingerprint density at radius 2 is 1.88 bits per heavy atom. The summed E-state index contributed by atoms with van der Waals surface area (Å²) in [5.41, 5.74) is 9.80. The number of hydrogen-bond donors (Lipinski definition) is 2. The Kier molecular flexibility index (Phi) is 5.45. The van der Waals surface area contributed by atoms with Gasteiger partial charge < -0.3 is 15.8 Å². The Hall–Kier alpha value is -4.24. The zero-order valence-corrected chi connectivity index (χ0v) is 18.5. The molecule has 0 spiro atoms. The highest BCUT2D eigenvalue weighted by Gasteiger charge is 2.24. The van der Waals surface area contributed by atoms with Gasteiger partial charge in [0.2, 0.25) is 0 Å². The molecule has 33 heavy (non-hydrogen) atoms. The zero-order valence-electron chi connectivity index (χ0n) is 17.7. The van der Waals surface area contributed by atoms with E-state index in [4.69, 9.17) is 20.4 Å². The summed E-state index contributed by atoms with van der Waals surface area (Å²) < 4.78 is 6.65. The van der Waals surface area contributed by atoms with Crippen LogP contribution in [0.3, 0.4) is 0 Å². The molecule has 8 nitrogen and oxygen atoms in total. The molecule has 5 aromatic rings. The molecule has 3 N–H and O–H groups in total. The lowest BCUT2D eigenvalue weighted by Crippen LogP contribution is -2.23. The standard InChI is InChI=1S/C24H20N6O2S/c1-32-16-10-8-15(9-11-16)13-26-24(31)20-21-23(29-19-7-3-2-6-18(19)28-21)30(22(20)25)27-14-17-5-4-12-33-17/h2-12,14H,13,25H2,1H3,(H,26,31)/b27-14-. The molecule has 164 valence electrons. The molecule has 3 aromatic heterocycles. The van der Waals surface area contributed by atoms with E-state index in [1.165, 1.54) is 4.68 Å². The van der Waals surface area contributed by atoms with Crippen molar-refractivity contribution in [2.75, 3.05) is 12.8 Å². The van der Waals surface area contributed by atoms with E-state index in [-0.39, 0.29) is 17.3 Å². The number of thiophene rings is 1. The van der Waals surface area contributed by atoms with Crippen LogP contribution < -0.4 is 15.8 Å². The van der Waals surface area contributed by atoms with Gasteiger partial charge in [-0.3, -0.25) is 4.79 Å². The fourth-order valence-electron chi connectivity index (χ4n) is 3.48. The lowest BCUT2D eigenvalue weighted by molar-refractivity contribution is 0.0953. The number of nitrogens with one attached hydrogen (secondary N) is 1. The molecule has 0 saturated carbocycles. The Bertz CT molecular complexity index is 1470. The molecule has 0 fully saturated rings. The molecule has 0 saturated heterocycles. The van der Waals surface area contributed by atoms with E-state index in [1.54, 1.807) is 24.7 Å². The quantitative estimate of drug-likeness (QED) is 0.375. The Labute approximate surface area is 193 Å². The number of methoxy groups -OCH3 is 1. The molecular weight excluding hydrogens is 436 g/mol. The lowest BCUT2D eigenvalue weighted by Gasteiger charge is -2.06. The molecule has 0 atom stereocenters. The molecule has 0 radical (unpaired) electrons. The summed E-state index contributed by atoms with van der Waals surface area (Å²) in [7, 11) is 1.61. The number of rotatable bonds is 6. The van der Waals surface area contributed by atoms with Crippen molar-refractivity contribution in [2.45, 2.75) is 6.54 Å². The number of nitrogens with two attached hydrogens (primary N) is 1. The number of amides is 1. The molecule has 0 aliphatic carbocycles. The van der Waals surface area contributed by atoms with E-state index in [2.05, 4.69) is 10.4 Å². The van der Waals surface area contributed by atoms with E-state index < -0.39 is 0 Å². The smallest absolute Gasteiger partial charge is 0.257 e. The SMILES string of the molecule is COc1ccc(CNC(=O)c2c(N)n(/N=C\c3cccs3)c3nc4ccccc4nc23)cc1. The van der Waals surface area contributed by atoms with Crippen molar-refractivity contribution in [2.24, 2.45) is 5.10 Å². The van der Waals surface area contributed by atoms with Gasteiger partial charge in [0.1, 0.15) is 22.6 Å². The van der Waals surface area contributed by atoms with Crippen LogP contribution in [0.2, 0.25) is 0 Å². The number of carbonyl (C=O) groups excluding carboxylic acids is 1. The molecule has 9 heteroatoms. The van der Waals surface area contributed by atoms with Gasteiger partial charge >= 0.3 is 0 Å². The Balaban J connectivity index is 1.55. The first kappa shape index (κ1) is 20.7. The van der Waals surface area contributed by atoms with Crippen LogP contribution in [0, 0.1) is 0 Å². The predicted octanol–water partition coefficient (Wildman–Crippen LogP) is 4.05. The van der Waals surface area contributed by atoms with Crippen molar-refractivity contribution in [3.8, 4) is 5.75 Å². The second-order valence-corrected chi connectivity index (χ2v) is 8.23. The fraction of sp³-hybridized carbons (Fsp3) is 0.0833. The van der Waals surface area contributed by atoms with Crippen molar-refractivity contribution in [1.82, 2.24) is 20.0 Å². The summed E-state index contributed by atoms with van der Waals surface area (Å²) in [6.45, 7) is 0.328. The summed E-state index contributed by atoms with van der Waals surface area (Å²) >= 11 is 1.55. The van der Waals surface area contributed by atoms with Crippen molar-refractivity contribution >= 4 is 51.5 Å². The molecule has 0 aliphatic rings. The van der Waals surface area contributed by atoms with Crippen LogP contribution in [0.1, 0.15) is 20.8 Å². The number of benzene rings is 2. The third kappa shape index (κ3) is 4.01. The number of anilines is 1. The third-order valence-corrected chi connectivity index (χ3v) is 5.96. The molecule has 3 heterocycles. The molecule has 1 amide bonds. The number of para-hydroxylation sites is 2. The largest absolute Gasteiger partial charge is 0.497 e. The zero-order chi connectivity index (χ0) is 22.8. The summed E-state index contributed by atoms with van der Waals surface area (Å²) in [5.74, 6) is 0.589. The van der Waals surface area contributed by atoms with Gasteiger partial charge in [-0.2, -0.15) is 9.78 Å². The first-order valence-electron chi connectivity index (χ1n) is 10.2. The number of carbonyl (C=O) groups is 1. The van der Waals surface area contributed by atoms with Crippen LogP contribution in [0.25, 0.3) is 22.2 Å². The summed E-state index contributed by atoms with van der Waals surface area (Å²) in [4.78, 5) is 23.6. The topological polar surface area (TPSA) is 107 Å². The van der Waals surface area contributed by atoms with E-state index >= 15 is 0 Å². The maximum atomic E-state index is 13.2. The summed E-state index contributed by atoms with van der Waals surface area (Å²) in [6, 6.07) is 18.8. The van der Waals surface area contributed by atoms with Gasteiger partial charge in [0.05, 0.1) is 24.4 Å². The van der Waals surface area contributed by atoms with Gasteiger partial charge in [-0.1, -0.05) is 30.3 Å². The molecule has 0 bridgehead atoms. The van der Waals surface area contributed by atoms with Crippen LogP contribution >= 0.6 is 11.3 Å². The van der Waals surface area contributed by atoms with Crippen molar-refractivity contribution in [3.05, 3.63) is 82.0 Å². The van der Waals surface area contributed by atoms with Crippen LogP contribution in [0.15, 0.2) is 71.1 Å². The minimum Gasteiger partial charge on any atom is -0.497 e. The number of nitrogen functional groups attached to an aromatic ring is 1. The summed E-state index contributed by atoms with van der Waals surface area (Å²) in [5, 5.41) is 9.39. The number of nitrogens with zero attached hydrogens (tertiary/aromatic N) is 4. The van der Waals surface area contributed by atoms with Gasteiger partial charge in [-0.05, 0) is 41.3 Å². The third-order valence-electron chi connectivity index (χ3n) is 5.16. The van der Waals surface area contributed by atoms with Crippen molar-refractivity contribution < 1.29 is 9.53 Å². The average Bonchev–Trinajstić information content (AvgIpc) is 3.45. The number of hydrogen-bond acceptors (Lipinski definition) is 7. The molecule has 0 unspecified atom stereocenters. The fourth-order valence-corrected chi connectivity index (χ4v) is 4.06. The Morgan fingerprint density at radius 3 is 2.58 bits per heavy atom.